The van der Waals surface area contributed by atoms with Crippen LogP contribution >= 0.6 is 0 Å². The lowest BCUT2D eigenvalue weighted by Gasteiger charge is -2.31. The van der Waals surface area contributed by atoms with Crippen molar-refractivity contribution >= 4 is 0 Å². The van der Waals surface area contributed by atoms with Gasteiger partial charge in [0.15, 0.2) is 5.60 Å². The van der Waals surface area contributed by atoms with E-state index in [1.807, 2.05) is 0 Å². The molecule has 1 fully saturated rings. The molecule has 1 unspecified atom stereocenters. The van der Waals surface area contributed by atoms with Crippen molar-refractivity contribution in [3.05, 3.63) is 29.6 Å². The quantitative estimate of drug-likeness (QED) is 0.860. The molecular formula is C14H16F4O2. The summed E-state index contributed by atoms with van der Waals surface area (Å²) in [6, 6.07) is 3.78. The van der Waals surface area contributed by atoms with Crippen LogP contribution in [-0.4, -0.2) is 24.0 Å². The summed E-state index contributed by atoms with van der Waals surface area (Å²) in [4.78, 5) is 0. The van der Waals surface area contributed by atoms with E-state index in [4.69, 9.17) is 4.74 Å². The van der Waals surface area contributed by atoms with E-state index in [0.717, 1.165) is 6.92 Å². The SMILES string of the molecule is COc1ccc(F)cc1C1(CC(C)(O)C(F)(F)F)CC1. The van der Waals surface area contributed by atoms with E-state index < -0.39 is 29.4 Å². The largest absolute Gasteiger partial charge is 0.496 e. The van der Waals surface area contributed by atoms with E-state index in [2.05, 4.69) is 0 Å². The van der Waals surface area contributed by atoms with Gasteiger partial charge in [-0.25, -0.2) is 4.39 Å². The van der Waals surface area contributed by atoms with Crippen LogP contribution in [0, 0.1) is 5.82 Å². The minimum atomic E-state index is -4.72. The maximum absolute atomic E-state index is 13.4. The Hall–Kier alpha value is -1.30. The molecule has 6 heteroatoms. The lowest BCUT2D eigenvalue weighted by atomic mass is 9.83. The molecule has 0 amide bonds. The normalized spacial score (nSPS) is 20.4. The predicted octanol–water partition coefficient (Wildman–Crippen LogP) is 3.57. The van der Waals surface area contributed by atoms with Crippen molar-refractivity contribution in [1.82, 2.24) is 0 Å². The smallest absolute Gasteiger partial charge is 0.416 e. The standard InChI is InChI=1S/C14H16F4O2/c1-12(19,14(16,17)18)8-13(5-6-13)10-7-9(15)3-4-11(10)20-2/h3-4,7,19H,5-6,8H2,1-2H3. The number of hydrogen-bond acceptors (Lipinski definition) is 2. The summed E-state index contributed by atoms with van der Waals surface area (Å²) >= 11 is 0. The van der Waals surface area contributed by atoms with E-state index in [1.54, 1.807) is 0 Å². The number of methoxy groups -OCH3 is 1. The zero-order valence-corrected chi connectivity index (χ0v) is 11.2. The average molecular weight is 292 g/mol. The highest BCUT2D eigenvalue weighted by molar-refractivity contribution is 5.44. The maximum Gasteiger partial charge on any atom is 0.416 e. The Morgan fingerprint density at radius 3 is 2.35 bits per heavy atom. The van der Waals surface area contributed by atoms with Gasteiger partial charge in [0.05, 0.1) is 7.11 Å². The minimum Gasteiger partial charge on any atom is -0.496 e. The first kappa shape index (κ1) is 15.1. The van der Waals surface area contributed by atoms with Gasteiger partial charge in [0.25, 0.3) is 0 Å². The highest BCUT2D eigenvalue weighted by Gasteiger charge is 2.58. The summed E-state index contributed by atoms with van der Waals surface area (Å²) in [5.41, 5.74) is -3.28. The third-order valence-electron chi connectivity index (χ3n) is 3.88. The van der Waals surface area contributed by atoms with E-state index in [9.17, 15) is 22.7 Å². The molecule has 1 N–H and O–H groups in total. The molecular weight excluding hydrogens is 276 g/mol. The number of ether oxygens (including phenoxy) is 1. The van der Waals surface area contributed by atoms with Gasteiger partial charge in [-0.3, -0.25) is 0 Å². The molecule has 1 aliphatic rings. The van der Waals surface area contributed by atoms with E-state index >= 15 is 0 Å². The lowest BCUT2D eigenvalue weighted by Crippen LogP contribution is -2.44. The highest BCUT2D eigenvalue weighted by Crippen LogP contribution is 2.57. The van der Waals surface area contributed by atoms with Gasteiger partial charge < -0.3 is 9.84 Å². The van der Waals surface area contributed by atoms with Crippen LogP contribution in [0.1, 0.15) is 31.7 Å². The second-order valence-corrected chi connectivity index (χ2v) is 5.57. The Labute approximate surface area is 114 Å². The summed E-state index contributed by atoms with van der Waals surface area (Å²) in [5, 5.41) is 9.66. The van der Waals surface area contributed by atoms with Gasteiger partial charge >= 0.3 is 6.18 Å². The van der Waals surface area contributed by atoms with Crippen molar-refractivity contribution in [2.45, 2.75) is 43.4 Å². The molecule has 1 aromatic rings. The fourth-order valence-electron chi connectivity index (χ4n) is 2.55. The molecule has 0 saturated heterocycles. The maximum atomic E-state index is 13.4. The Morgan fingerprint density at radius 2 is 1.90 bits per heavy atom. The Kier molecular flexibility index (Phi) is 3.48. The van der Waals surface area contributed by atoms with Gasteiger partial charge in [0, 0.05) is 11.0 Å². The van der Waals surface area contributed by atoms with Crippen LogP contribution in [0.15, 0.2) is 18.2 Å². The zero-order chi connectivity index (χ0) is 15.2. The average Bonchev–Trinajstić information content (AvgIpc) is 3.07. The first-order chi connectivity index (χ1) is 9.11. The Balaban J connectivity index is 2.35. The summed E-state index contributed by atoms with van der Waals surface area (Å²) in [5.74, 6) is -0.180. The summed E-state index contributed by atoms with van der Waals surface area (Å²) in [7, 11) is 1.38. The monoisotopic (exact) mass is 292 g/mol. The van der Waals surface area contributed by atoms with Gasteiger partial charge in [0.1, 0.15) is 11.6 Å². The molecule has 1 aromatic carbocycles. The molecule has 0 bridgehead atoms. The van der Waals surface area contributed by atoms with Crippen molar-refractivity contribution < 1.29 is 27.4 Å². The van der Waals surface area contributed by atoms with E-state index in [0.29, 0.717) is 24.2 Å². The molecule has 1 saturated carbocycles. The molecule has 112 valence electrons. The van der Waals surface area contributed by atoms with Crippen LogP contribution in [0.3, 0.4) is 0 Å². The van der Waals surface area contributed by atoms with Crippen LogP contribution < -0.4 is 4.74 Å². The first-order valence-electron chi connectivity index (χ1n) is 6.24. The number of halogens is 4. The first-order valence-corrected chi connectivity index (χ1v) is 6.24. The van der Waals surface area contributed by atoms with Gasteiger partial charge in [-0.15, -0.1) is 0 Å². The second kappa shape index (κ2) is 4.62. The van der Waals surface area contributed by atoms with Crippen LogP contribution in [0.2, 0.25) is 0 Å². The van der Waals surface area contributed by atoms with Crippen molar-refractivity contribution in [2.24, 2.45) is 0 Å². The number of hydrogen-bond donors (Lipinski definition) is 1. The highest BCUT2D eigenvalue weighted by atomic mass is 19.4. The van der Waals surface area contributed by atoms with Gasteiger partial charge in [-0.1, -0.05) is 0 Å². The molecule has 1 aliphatic carbocycles. The molecule has 0 spiro atoms. The van der Waals surface area contributed by atoms with Crippen molar-refractivity contribution in [2.75, 3.05) is 7.11 Å². The third kappa shape index (κ3) is 2.61. The second-order valence-electron chi connectivity index (χ2n) is 5.57. The summed E-state index contributed by atoms with van der Waals surface area (Å²) in [6.45, 7) is 0.749. The topological polar surface area (TPSA) is 29.5 Å². The Bertz CT molecular complexity index is 504. The van der Waals surface area contributed by atoms with Gasteiger partial charge in [-0.2, -0.15) is 13.2 Å². The van der Waals surface area contributed by atoms with Crippen molar-refractivity contribution in [3.63, 3.8) is 0 Å². The van der Waals surface area contributed by atoms with E-state index in [1.165, 1.54) is 25.3 Å². The minimum absolute atomic E-state index is 0.349. The fraction of sp³-hybridized carbons (Fsp3) is 0.571. The fourth-order valence-corrected chi connectivity index (χ4v) is 2.55. The molecule has 1 atom stereocenters. The summed E-state index contributed by atoms with van der Waals surface area (Å²) < 4.78 is 56.9. The molecule has 2 nitrogen and oxygen atoms in total. The molecule has 0 aromatic heterocycles. The predicted molar refractivity (Wildman–Crippen MR) is 65.2 cm³/mol. The zero-order valence-electron chi connectivity index (χ0n) is 11.2. The van der Waals surface area contributed by atoms with Crippen LogP contribution in [-0.2, 0) is 5.41 Å². The van der Waals surface area contributed by atoms with E-state index in [-0.39, 0.29) is 0 Å². The number of alkyl halides is 3. The molecule has 0 heterocycles. The van der Waals surface area contributed by atoms with Gasteiger partial charge in [-0.05, 0) is 44.4 Å². The lowest BCUT2D eigenvalue weighted by molar-refractivity contribution is -0.257. The van der Waals surface area contributed by atoms with Crippen LogP contribution in [0.5, 0.6) is 5.75 Å². The molecule has 2 rings (SSSR count). The number of benzene rings is 1. The van der Waals surface area contributed by atoms with Crippen molar-refractivity contribution in [3.8, 4) is 5.75 Å². The van der Waals surface area contributed by atoms with Gasteiger partial charge in [0.2, 0.25) is 0 Å². The molecule has 0 aliphatic heterocycles. The summed E-state index contributed by atoms with van der Waals surface area (Å²) in [6.07, 6.45) is -4.27. The molecule has 0 radical (unpaired) electrons. The van der Waals surface area contributed by atoms with Crippen LogP contribution in [0.25, 0.3) is 0 Å². The third-order valence-corrected chi connectivity index (χ3v) is 3.88. The Morgan fingerprint density at radius 1 is 1.30 bits per heavy atom. The number of aliphatic hydroxyl groups is 1. The number of rotatable bonds is 4. The van der Waals surface area contributed by atoms with Crippen LogP contribution in [0.4, 0.5) is 17.6 Å². The van der Waals surface area contributed by atoms with Crippen molar-refractivity contribution in [1.29, 1.82) is 0 Å². The molecule has 20 heavy (non-hydrogen) atoms.